The highest BCUT2D eigenvalue weighted by Crippen LogP contribution is 2.29. The van der Waals surface area contributed by atoms with Gasteiger partial charge in [0, 0.05) is 24.3 Å². The molecule has 1 atom stereocenters. The summed E-state index contributed by atoms with van der Waals surface area (Å²) in [7, 11) is 1.89. The molecule has 0 bridgehead atoms. The summed E-state index contributed by atoms with van der Waals surface area (Å²) in [6.07, 6.45) is -0.789. The van der Waals surface area contributed by atoms with Gasteiger partial charge in [-0.1, -0.05) is 6.07 Å². The molecular weight excluding hydrogens is 193 g/mol. The third kappa shape index (κ3) is 2.48. The molecule has 84 valence electrons. The van der Waals surface area contributed by atoms with Crippen LogP contribution in [0.15, 0.2) is 18.2 Å². The number of aliphatic hydroxyl groups is 1. The van der Waals surface area contributed by atoms with Gasteiger partial charge in [-0.3, -0.25) is 0 Å². The molecule has 1 aromatic rings. The van der Waals surface area contributed by atoms with E-state index in [0.717, 1.165) is 5.69 Å². The lowest BCUT2D eigenvalue weighted by Gasteiger charge is -2.27. The zero-order valence-electron chi connectivity index (χ0n) is 9.66. The van der Waals surface area contributed by atoms with E-state index >= 15 is 0 Å². The Labute approximate surface area is 90.3 Å². The van der Waals surface area contributed by atoms with Gasteiger partial charge >= 0.3 is 0 Å². The van der Waals surface area contributed by atoms with Crippen LogP contribution >= 0.6 is 0 Å². The lowest BCUT2D eigenvalue weighted by molar-refractivity contribution is 0.194. The van der Waals surface area contributed by atoms with Crippen LogP contribution in [0.1, 0.15) is 32.4 Å². The van der Waals surface area contributed by atoms with Gasteiger partial charge in [-0.05, 0) is 32.9 Å². The molecule has 1 N–H and O–H groups in total. The van der Waals surface area contributed by atoms with Crippen molar-refractivity contribution in [3.63, 3.8) is 0 Å². The van der Waals surface area contributed by atoms with Gasteiger partial charge in [0.05, 0.1) is 6.10 Å². The first-order valence-electron chi connectivity index (χ1n) is 5.14. The topological polar surface area (TPSA) is 23.5 Å². The second-order valence-corrected chi connectivity index (χ2v) is 4.05. The second-order valence-electron chi connectivity index (χ2n) is 4.05. The maximum atomic E-state index is 13.5. The van der Waals surface area contributed by atoms with Gasteiger partial charge in [-0.2, -0.15) is 0 Å². The molecular formula is C12H18FNO. The van der Waals surface area contributed by atoms with Crippen molar-refractivity contribution in [3.8, 4) is 0 Å². The predicted molar refractivity (Wildman–Crippen MR) is 60.6 cm³/mol. The molecule has 0 heterocycles. The van der Waals surface area contributed by atoms with Gasteiger partial charge in [0.1, 0.15) is 5.82 Å². The number of halogens is 1. The molecule has 0 aliphatic carbocycles. The van der Waals surface area contributed by atoms with E-state index in [4.69, 9.17) is 0 Å². The molecule has 0 saturated carbocycles. The molecule has 0 aliphatic heterocycles. The highest BCUT2D eigenvalue weighted by Gasteiger charge is 2.17. The largest absolute Gasteiger partial charge is 0.389 e. The highest BCUT2D eigenvalue weighted by atomic mass is 19.1. The summed E-state index contributed by atoms with van der Waals surface area (Å²) in [5, 5.41) is 9.55. The van der Waals surface area contributed by atoms with E-state index in [2.05, 4.69) is 0 Å². The quantitative estimate of drug-likeness (QED) is 0.831. The molecule has 0 aromatic heterocycles. The lowest BCUT2D eigenvalue weighted by Crippen LogP contribution is -2.27. The van der Waals surface area contributed by atoms with Gasteiger partial charge in [0.15, 0.2) is 0 Å². The van der Waals surface area contributed by atoms with Crippen LogP contribution in [0.2, 0.25) is 0 Å². The number of nitrogens with zero attached hydrogens (tertiary/aromatic N) is 1. The molecule has 15 heavy (non-hydrogen) atoms. The SMILES string of the molecule is CC(C)N(C)c1cccc(F)c1[C@H](C)O. The van der Waals surface area contributed by atoms with Crippen LogP contribution in [0.25, 0.3) is 0 Å². The van der Waals surface area contributed by atoms with Crippen molar-refractivity contribution in [1.82, 2.24) is 0 Å². The van der Waals surface area contributed by atoms with Crippen molar-refractivity contribution in [1.29, 1.82) is 0 Å². The normalized spacial score (nSPS) is 13.0. The van der Waals surface area contributed by atoms with Crippen molar-refractivity contribution in [2.24, 2.45) is 0 Å². The Balaban J connectivity index is 3.22. The van der Waals surface area contributed by atoms with Crippen molar-refractivity contribution >= 4 is 5.69 Å². The molecule has 0 fully saturated rings. The zero-order valence-corrected chi connectivity index (χ0v) is 9.66. The van der Waals surface area contributed by atoms with Crippen LogP contribution in [0, 0.1) is 5.82 Å². The minimum atomic E-state index is -0.789. The van der Waals surface area contributed by atoms with Crippen LogP contribution < -0.4 is 4.90 Å². The third-order valence-corrected chi connectivity index (χ3v) is 2.60. The molecule has 0 spiro atoms. The fourth-order valence-electron chi connectivity index (χ4n) is 1.52. The summed E-state index contributed by atoms with van der Waals surface area (Å²) in [6.45, 7) is 5.63. The third-order valence-electron chi connectivity index (χ3n) is 2.60. The minimum absolute atomic E-state index is 0.268. The van der Waals surface area contributed by atoms with Crippen molar-refractivity contribution < 1.29 is 9.50 Å². The molecule has 0 amide bonds. The van der Waals surface area contributed by atoms with E-state index in [9.17, 15) is 9.50 Å². The van der Waals surface area contributed by atoms with Crippen molar-refractivity contribution in [3.05, 3.63) is 29.6 Å². The fourth-order valence-corrected chi connectivity index (χ4v) is 1.52. The van der Waals surface area contributed by atoms with Crippen molar-refractivity contribution in [2.45, 2.75) is 32.9 Å². The van der Waals surface area contributed by atoms with E-state index in [1.165, 1.54) is 6.07 Å². The smallest absolute Gasteiger partial charge is 0.131 e. The average molecular weight is 211 g/mol. The first-order valence-corrected chi connectivity index (χ1v) is 5.14. The first kappa shape index (κ1) is 12.0. The molecule has 2 nitrogen and oxygen atoms in total. The number of anilines is 1. The maximum absolute atomic E-state index is 13.5. The zero-order chi connectivity index (χ0) is 11.6. The summed E-state index contributed by atoms with van der Waals surface area (Å²) < 4.78 is 13.5. The van der Waals surface area contributed by atoms with Crippen LogP contribution in [-0.4, -0.2) is 18.2 Å². The fraction of sp³-hybridized carbons (Fsp3) is 0.500. The molecule has 0 aliphatic rings. The maximum Gasteiger partial charge on any atom is 0.131 e. The molecule has 3 heteroatoms. The molecule has 1 rings (SSSR count). The van der Waals surface area contributed by atoms with E-state index in [1.807, 2.05) is 31.9 Å². The Kier molecular flexibility index (Phi) is 3.69. The Bertz CT molecular complexity index is 336. The average Bonchev–Trinajstić information content (AvgIpc) is 2.15. The number of hydrogen-bond donors (Lipinski definition) is 1. The van der Waals surface area contributed by atoms with E-state index in [1.54, 1.807) is 13.0 Å². The van der Waals surface area contributed by atoms with Gasteiger partial charge in [-0.15, -0.1) is 0 Å². The van der Waals surface area contributed by atoms with Gasteiger partial charge < -0.3 is 10.0 Å². The summed E-state index contributed by atoms with van der Waals surface area (Å²) in [4.78, 5) is 1.95. The van der Waals surface area contributed by atoms with Crippen LogP contribution in [0.4, 0.5) is 10.1 Å². The van der Waals surface area contributed by atoms with Crippen LogP contribution in [0.5, 0.6) is 0 Å². The second kappa shape index (κ2) is 4.62. The molecule has 0 saturated heterocycles. The Morgan fingerprint density at radius 1 is 1.27 bits per heavy atom. The predicted octanol–water partition coefficient (Wildman–Crippen LogP) is 2.72. The minimum Gasteiger partial charge on any atom is -0.389 e. The molecule has 1 aromatic carbocycles. The van der Waals surface area contributed by atoms with Gasteiger partial charge in [0.2, 0.25) is 0 Å². The highest BCUT2D eigenvalue weighted by molar-refractivity contribution is 5.55. The van der Waals surface area contributed by atoms with E-state index < -0.39 is 6.10 Å². The van der Waals surface area contributed by atoms with Crippen LogP contribution in [-0.2, 0) is 0 Å². The number of hydrogen-bond acceptors (Lipinski definition) is 2. The van der Waals surface area contributed by atoms with E-state index in [0.29, 0.717) is 5.56 Å². The lowest BCUT2D eigenvalue weighted by atomic mass is 10.1. The monoisotopic (exact) mass is 211 g/mol. The van der Waals surface area contributed by atoms with E-state index in [-0.39, 0.29) is 11.9 Å². The number of rotatable bonds is 3. The van der Waals surface area contributed by atoms with Gasteiger partial charge in [-0.25, -0.2) is 4.39 Å². The Hall–Kier alpha value is -1.09. The molecule has 0 radical (unpaired) electrons. The van der Waals surface area contributed by atoms with Crippen molar-refractivity contribution in [2.75, 3.05) is 11.9 Å². The Morgan fingerprint density at radius 3 is 2.33 bits per heavy atom. The standard InChI is InChI=1S/C12H18FNO/c1-8(2)14(4)11-7-5-6-10(13)12(11)9(3)15/h5-9,15H,1-4H3/t9-/m0/s1. The molecule has 0 unspecified atom stereocenters. The first-order chi connectivity index (χ1) is 6.95. The summed E-state index contributed by atoms with van der Waals surface area (Å²) >= 11 is 0. The number of aliphatic hydroxyl groups excluding tert-OH is 1. The number of benzene rings is 1. The van der Waals surface area contributed by atoms with Gasteiger partial charge in [0.25, 0.3) is 0 Å². The summed E-state index contributed by atoms with van der Waals surface area (Å²) in [5.74, 6) is -0.352. The van der Waals surface area contributed by atoms with Crippen LogP contribution in [0.3, 0.4) is 0 Å². The summed E-state index contributed by atoms with van der Waals surface area (Å²) in [5.41, 5.74) is 1.12. The Morgan fingerprint density at radius 2 is 1.87 bits per heavy atom. The summed E-state index contributed by atoms with van der Waals surface area (Å²) in [6, 6.07) is 5.13.